The Morgan fingerprint density at radius 3 is 2.65 bits per heavy atom. The van der Waals surface area contributed by atoms with Crippen molar-refractivity contribution >= 4 is 46.5 Å². The van der Waals surface area contributed by atoms with Crippen LogP contribution in [0.15, 0.2) is 42.5 Å². The van der Waals surface area contributed by atoms with Gasteiger partial charge in [-0.2, -0.15) is 0 Å². The molecule has 0 saturated carbocycles. The summed E-state index contributed by atoms with van der Waals surface area (Å²) < 4.78 is 5.28. The van der Waals surface area contributed by atoms with Gasteiger partial charge in [0.1, 0.15) is 0 Å². The molecular formula is C15H10ClNO5S. The van der Waals surface area contributed by atoms with Crippen LogP contribution in [-0.4, -0.2) is 23.3 Å². The number of carbonyl (C=O) groups is 2. The Morgan fingerprint density at radius 2 is 2.00 bits per heavy atom. The van der Waals surface area contributed by atoms with E-state index in [1.807, 2.05) is 0 Å². The minimum atomic E-state index is -0.765. The van der Waals surface area contributed by atoms with Crippen molar-refractivity contribution in [1.82, 2.24) is 0 Å². The zero-order valence-corrected chi connectivity index (χ0v) is 13.2. The van der Waals surface area contributed by atoms with E-state index in [2.05, 4.69) is 0 Å². The largest absolute Gasteiger partial charge is 0.454 e. The van der Waals surface area contributed by atoms with Crippen molar-refractivity contribution < 1.29 is 19.2 Å². The first-order valence-corrected chi connectivity index (χ1v) is 7.53. The van der Waals surface area contributed by atoms with Crippen LogP contribution < -0.4 is 0 Å². The summed E-state index contributed by atoms with van der Waals surface area (Å²) in [4.78, 5) is 34.0. The fraction of sp³-hybridized carbons (Fsp3) is 0.0667. The molecule has 0 aliphatic heterocycles. The summed E-state index contributed by atoms with van der Waals surface area (Å²) in [5.74, 6) is -1.13. The molecule has 0 N–H and O–H groups in total. The number of Topliss-reactive ketones (excluding diaryl/α,β-unsaturated/α-hetero) is 1. The molecule has 0 saturated heterocycles. The number of hydrogen-bond acceptors (Lipinski definition) is 6. The quantitative estimate of drug-likeness (QED) is 0.260. The van der Waals surface area contributed by atoms with E-state index >= 15 is 0 Å². The van der Waals surface area contributed by atoms with Crippen molar-refractivity contribution in [2.24, 2.45) is 0 Å². The fourth-order valence-corrected chi connectivity index (χ4v) is 2.64. The van der Waals surface area contributed by atoms with Crippen LogP contribution in [0.25, 0.3) is 6.08 Å². The van der Waals surface area contributed by atoms with Crippen LogP contribution >= 0.6 is 22.9 Å². The number of benzene rings is 1. The molecule has 0 aliphatic carbocycles. The standard InChI is InChI=1S/C15H10ClNO5S/c16-14-7-6-13(23-14)12(18)9-22-15(19)8-5-10-3-1-2-4-11(10)17(20)21/h1-8H,9H2. The third-order valence-corrected chi connectivity index (χ3v) is 4.00. The number of esters is 1. The normalized spacial score (nSPS) is 10.7. The molecule has 1 aromatic heterocycles. The monoisotopic (exact) mass is 351 g/mol. The number of rotatable bonds is 6. The van der Waals surface area contributed by atoms with Crippen molar-refractivity contribution in [3.8, 4) is 0 Å². The summed E-state index contributed by atoms with van der Waals surface area (Å²) in [7, 11) is 0. The smallest absolute Gasteiger partial charge is 0.331 e. The summed E-state index contributed by atoms with van der Waals surface area (Å²) in [6, 6.07) is 9.10. The second-order valence-corrected chi connectivity index (χ2v) is 6.00. The summed E-state index contributed by atoms with van der Waals surface area (Å²) >= 11 is 6.81. The maximum absolute atomic E-state index is 11.7. The lowest BCUT2D eigenvalue weighted by molar-refractivity contribution is -0.385. The lowest BCUT2D eigenvalue weighted by atomic mass is 10.1. The van der Waals surface area contributed by atoms with Gasteiger partial charge in [-0.1, -0.05) is 23.7 Å². The third kappa shape index (κ3) is 4.73. The number of halogens is 1. The minimum absolute atomic E-state index is 0.124. The number of nitro groups is 1. The number of para-hydroxylation sites is 1. The highest BCUT2D eigenvalue weighted by atomic mass is 35.5. The molecule has 2 aromatic rings. The van der Waals surface area contributed by atoms with Crippen molar-refractivity contribution in [3.05, 3.63) is 67.4 Å². The van der Waals surface area contributed by atoms with E-state index in [4.69, 9.17) is 16.3 Å². The molecule has 0 fully saturated rings. The maximum Gasteiger partial charge on any atom is 0.331 e. The van der Waals surface area contributed by atoms with Crippen LogP contribution in [0.3, 0.4) is 0 Å². The molecule has 2 rings (SSSR count). The minimum Gasteiger partial charge on any atom is -0.454 e. The zero-order valence-electron chi connectivity index (χ0n) is 11.6. The molecule has 0 radical (unpaired) electrons. The second kappa shape index (κ2) is 7.66. The van der Waals surface area contributed by atoms with Crippen LogP contribution in [0.1, 0.15) is 15.2 Å². The molecule has 8 heteroatoms. The fourth-order valence-electron chi connectivity index (χ4n) is 1.67. The molecule has 6 nitrogen and oxygen atoms in total. The molecule has 0 aliphatic rings. The van der Waals surface area contributed by atoms with Gasteiger partial charge >= 0.3 is 5.97 Å². The number of nitro benzene ring substituents is 1. The van der Waals surface area contributed by atoms with E-state index in [9.17, 15) is 19.7 Å². The van der Waals surface area contributed by atoms with Gasteiger partial charge in [-0.3, -0.25) is 14.9 Å². The SMILES string of the molecule is O=C(C=Cc1ccccc1[N+](=O)[O-])OCC(=O)c1ccc(Cl)s1. The van der Waals surface area contributed by atoms with Gasteiger partial charge in [0.25, 0.3) is 5.69 Å². The van der Waals surface area contributed by atoms with Crippen molar-refractivity contribution in [3.63, 3.8) is 0 Å². The Labute approximate surface area is 140 Å². The molecule has 0 bridgehead atoms. The molecule has 0 amide bonds. The second-order valence-electron chi connectivity index (χ2n) is 4.28. The molecule has 0 unspecified atom stereocenters. The van der Waals surface area contributed by atoms with Crippen LogP contribution in [0, 0.1) is 10.1 Å². The molecule has 0 spiro atoms. The number of hydrogen-bond donors (Lipinski definition) is 0. The summed E-state index contributed by atoms with van der Waals surface area (Å²) in [5, 5.41) is 10.8. The van der Waals surface area contributed by atoms with Gasteiger partial charge in [0.2, 0.25) is 5.78 Å². The van der Waals surface area contributed by atoms with Gasteiger partial charge in [0.05, 0.1) is 19.7 Å². The Hall–Kier alpha value is -2.51. The highest BCUT2D eigenvalue weighted by Crippen LogP contribution is 2.22. The summed E-state index contributed by atoms with van der Waals surface area (Å²) in [6.45, 7) is -0.420. The van der Waals surface area contributed by atoms with Crippen LogP contribution in [0.4, 0.5) is 5.69 Å². The zero-order chi connectivity index (χ0) is 16.8. The maximum atomic E-state index is 11.7. The van der Waals surface area contributed by atoms with Crippen molar-refractivity contribution in [1.29, 1.82) is 0 Å². The molecule has 118 valence electrons. The molecule has 1 heterocycles. The molecule has 0 atom stereocenters. The van der Waals surface area contributed by atoms with E-state index < -0.39 is 17.5 Å². The van der Waals surface area contributed by atoms with Gasteiger partial charge < -0.3 is 4.74 Å². The highest BCUT2D eigenvalue weighted by molar-refractivity contribution is 7.18. The first-order valence-electron chi connectivity index (χ1n) is 6.34. The van der Waals surface area contributed by atoms with Gasteiger partial charge in [-0.15, -0.1) is 11.3 Å². The Morgan fingerprint density at radius 1 is 1.26 bits per heavy atom. The van der Waals surface area contributed by atoms with Crippen LogP contribution in [0.2, 0.25) is 4.34 Å². The van der Waals surface area contributed by atoms with Gasteiger partial charge in [0, 0.05) is 12.1 Å². The lowest BCUT2D eigenvalue weighted by Gasteiger charge is -2.00. The Balaban J connectivity index is 1.95. The van der Waals surface area contributed by atoms with Crippen molar-refractivity contribution in [2.75, 3.05) is 6.61 Å². The Bertz CT molecular complexity index is 784. The van der Waals surface area contributed by atoms with Gasteiger partial charge in [-0.05, 0) is 24.3 Å². The van der Waals surface area contributed by atoms with Crippen LogP contribution in [-0.2, 0) is 9.53 Å². The first kappa shape index (κ1) is 16.9. The van der Waals surface area contributed by atoms with Crippen molar-refractivity contribution in [2.45, 2.75) is 0 Å². The number of thiophene rings is 1. The lowest BCUT2D eigenvalue weighted by Crippen LogP contribution is -2.11. The molecule has 1 aromatic carbocycles. The predicted molar refractivity (Wildman–Crippen MR) is 86.7 cm³/mol. The third-order valence-electron chi connectivity index (χ3n) is 2.73. The Kier molecular flexibility index (Phi) is 5.61. The van der Waals surface area contributed by atoms with E-state index in [1.165, 1.54) is 24.3 Å². The number of ether oxygens (including phenoxy) is 1. The van der Waals surface area contributed by atoms with E-state index in [-0.39, 0.29) is 17.0 Å². The van der Waals surface area contributed by atoms with E-state index in [1.54, 1.807) is 18.2 Å². The number of carbonyl (C=O) groups excluding carboxylic acids is 2. The topological polar surface area (TPSA) is 86.5 Å². The summed E-state index contributed by atoms with van der Waals surface area (Å²) in [5.41, 5.74) is 0.145. The van der Waals surface area contributed by atoms with E-state index in [0.29, 0.717) is 9.21 Å². The molecular weight excluding hydrogens is 342 g/mol. The number of nitrogens with zero attached hydrogens (tertiary/aromatic N) is 1. The average molecular weight is 352 g/mol. The van der Waals surface area contributed by atoms with E-state index in [0.717, 1.165) is 17.4 Å². The number of ketones is 1. The molecule has 23 heavy (non-hydrogen) atoms. The summed E-state index contributed by atoms with van der Waals surface area (Å²) in [6.07, 6.45) is 2.31. The first-order chi connectivity index (χ1) is 11.0. The average Bonchev–Trinajstić information content (AvgIpc) is 2.97. The van der Waals surface area contributed by atoms with Gasteiger partial charge in [0.15, 0.2) is 6.61 Å². The predicted octanol–water partition coefficient (Wildman–Crippen LogP) is 3.75. The van der Waals surface area contributed by atoms with Gasteiger partial charge in [-0.25, -0.2) is 4.79 Å². The highest BCUT2D eigenvalue weighted by Gasteiger charge is 2.12. The van der Waals surface area contributed by atoms with Crippen LogP contribution in [0.5, 0.6) is 0 Å².